The first-order valence-corrected chi connectivity index (χ1v) is 5.79. The number of rotatable bonds is 4. The molecule has 0 spiro atoms. The molecule has 0 aliphatic rings. The van der Waals surface area contributed by atoms with E-state index < -0.39 is 5.91 Å². The Bertz CT molecular complexity index is 466. The first-order valence-electron chi connectivity index (χ1n) is 5.79. The van der Waals surface area contributed by atoms with Crippen molar-refractivity contribution in [1.29, 1.82) is 5.26 Å². The lowest BCUT2D eigenvalue weighted by molar-refractivity contribution is -0.124. The Morgan fingerprint density at radius 1 is 1.39 bits per heavy atom. The van der Waals surface area contributed by atoms with Gasteiger partial charge in [-0.1, -0.05) is 12.1 Å². The molecule has 0 bridgehead atoms. The molecular formula is C14H18N2O2. The number of aryl methyl sites for hydroxylation is 2. The monoisotopic (exact) mass is 246 g/mol. The summed E-state index contributed by atoms with van der Waals surface area (Å²) >= 11 is 0. The SMILES string of the molecule is COc1c(C)cc(CCN(C)C(=O)C#N)cc1C. The van der Waals surface area contributed by atoms with Gasteiger partial charge >= 0.3 is 5.91 Å². The first-order chi connectivity index (χ1) is 8.49. The molecule has 1 aromatic carbocycles. The molecule has 0 aromatic heterocycles. The highest BCUT2D eigenvalue weighted by molar-refractivity contribution is 5.90. The predicted octanol–water partition coefficient (Wildman–Crippen LogP) is 1.84. The fourth-order valence-corrected chi connectivity index (χ4v) is 1.99. The van der Waals surface area contributed by atoms with Crippen LogP contribution in [0.5, 0.6) is 5.75 Å². The van der Waals surface area contributed by atoms with Crippen LogP contribution in [-0.2, 0) is 11.2 Å². The van der Waals surface area contributed by atoms with Gasteiger partial charge in [0.2, 0.25) is 0 Å². The van der Waals surface area contributed by atoms with Crippen LogP contribution in [0.1, 0.15) is 16.7 Å². The van der Waals surface area contributed by atoms with Crippen LogP contribution in [0, 0.1) is 25.2 Å². The van der Waals surface area contributed by atoms with Crippen molar-refractivity contribution in [1.82, 2.24) is 4.90 Å². The number of hydrogen-bond acceptors (Lipinski definition) is 3. The summed E-state index contributed by atoms with van der Waals surface area (Å²) in [5.41, 5.74) is 3.31. The highest BCUT2D eigenvalue weighted by Crippen LogP contribution is 2.24. The average molecular weight is 246 g/mol. The quantitative estimate of drug-likeness (QED) is 0.762. The average Bonchev–Trinajstić information content (AvgIpc) is 2.34. The van der Waals surface area contributed by atoms with E-state index in [0.29, 0.717) is 6.54 Å². The van der Waals surface area contributed by atoms with E-state index in [9.17, 15) is 4.79 Å². The smallest absolute Gasteiger partial charge is 0.324 e. The Morgan fingerprint density at radius 2 is 1.94 bits per heavy atom. The van der Waals surface area contributed by atoms with Crippen molar-refractivity contribution in [2.75, 3.05) is 20.7 Å². The number of carbonyl (C=O) groups excluding carboxylic acids is 1. The second-order valence-electron chi connectivity index (χ2n) is 4.35. The van der Waals surface area contributed by atoms with Gasteiger partial charge in [0, 0.05) is 13.6 Å². The summed E-state index contributed by atoms with van der Waals surface area (Å²) in [7, 11) is 3.29. The van der Waals surface area contributed by atoms with E-state index in [4.69, 9.17) is 10.00 Å². The van der Waals surface area contributed by atoms with Crippen molar-refractivity contribution in [3.8, 4) is 11.8 Å². The lowest BCUT2D eigenvalue weighted by atomic mass is 10.0. The van der Waals surface area contributed by atoms with Crippen LogP contribution >= 0.6 is 0 Å². The van der Waals surface area contributed by atoms with Gasteiger partial charge in [-0.3, -0.25) is 4.79 Å². The molecule has 0 N–H and O–H groups in total. The zero-order valence-corrected chi connectivity index (χ0v) is 11.3. The number of benzene rings is 1. The third kappa shape index (κ3) is 3.24. The van der Waals surface area contributed by atoms with Gasteiger partial charge in [0.05, 0.1) is 7.11 Å². The van der Waals surface area contributed by atoms with E-state index in [1.54, 1.807) is 20.2 Å². The molecule has 1 rings (SSSR count). The number of nitrogens with zero attached hydrogens (tertiary/aromatic N) is 2. The molecule has 0 radical (unpaired) electrons. The molecule has 1 aromatic rings. The van der Waals surface area contributed by atoms with Crippen molar-refractivity contribution >= 4 is 5.91 Å². The maximum Gasteiger partial charge on any atom is 0.324 e. The Hall–Kier alpha value is -2.02. The first kappa shape index (κ1) is 14.0. The molecule has 4 nitrogen and oxygen atoms in total. The van der Waals surface area contributed by atoms with Gasteiger partial charge in [-0.05, 0) is 37.0 Å². The molecule has 4 heteroatoms. The number of methoxy groups -OCH3 is 1. The Balaban J connectivity index is 2.76. The summed E-state index contributed by atoms with van der Waals surface area (Å²) in [6, 6.07) is 5.71. The third-order valence-electron chi connectivity index (χ3n) is 2.90. The van der Waals surface area contributed by atoms with Crippen LogP contribution in [0.2, 0.25) is 0 Å². The van der Waals surface area contributed by atoms with Crippen LogP contribution < -0.4 is 4.74 Å². The molecular weight excluding hydrogens is 228 g/mol. The van der Waals surface area contributed by atoms with Crippen LogP contribution in [0.3, 0.4) is 0 Å². The van der Waals surface area contributed by atoms with Crippen molar-refractivity contribution in [2.45, 2.75) is 20.3 Å². The van der Waals surface area contributed by atoms with E-state index in [1.807, 2.05) is 13.8 Å². The largest absolute Gasteiger partial charge is 0.496 e. The maximum absolute atomic E-state index is 11.1. The highest BCUT2D eigenvalue weighted by atomic mass is 16.5. The lowest BCUT2D eigenvalue weighted by Crippen LogP contribution is -2.27. The van der Waals surface area contributed by atoms with Crippen LogP contribution in [-0.4, -0.2) is 31.5 Å². The minimum atomic E-state index is -0.503. The van der Waals surface area contributed by atoms with Crippen LogP contribution in [0.15, 0.2) is 12.1 Å². The van der Waals surface area contributed by atoms with E-state index in [1.165, 1.54) is 4.90 Å². The van der Waals surface area contributed by atoms with E-state index in [0.717, 1.165) is 28.9 Å². The fourth-order valence-electron chi connectivity index (χ4n) is 1.99. The molecule has 0 fully saturated rings. The lowest BCUT2D eigenvalue weighted by Gasteiger charge is -2.15. The minimum absolute atomic E-state index is 0.503. The zero-order valence-electron chi connectivity index (χ0n) is 11.3. The fraction of sp³-hybridized carbons (Fsp3) is 0.429. The van der Waals surface area contributed by atoms with Gasteiger partial charge in [-0.15, -0.1) is 0 Å². The zero-order chi connectivity index (χ0) is 13.7. The summed E-state index contributed by atoms with van der Waals surface area (Å²) in [5, 5.41) is 8.50. The van der Waals surface area contributed by atoms with Gasteiger partial charge in [0.15, 0.2) is 6.07 Å². The molecule has 0 saturated carbocycles. The Morgan fingerprint density at radius 3 is 2.39 bits per heavy atom. The van der Waals surface area contributed by atoms with Crippen molar-refractivity contribution in [3.05, 3.63) is 28.8 Å². The van der Waals surface area contributed by atoms with E-state index in [2.05, 4.69) is 12.1 Å². The molecule has 0 atom stereocenters. The molecule has 96 valence electrons. The molecule has 18 heavy (non-hydrogen) atoms. The van der Waals surface area contributed by atoms with Gasteiger partial charge in [-0.25, -0.2) is 0 Å². The second-order valence-corrected chi connectivity index (χ2v) is 4.35. The van der Waals surface area contributed by atoms with Gasteiger partial charge in [0.25, 0.3) is 0 Å². The van der Waals surface area contributed by atoms with Gasteiger partial charge in [0.1, 0.15) is 5.75 Å². The highest BCUT2D eigenvalue weighted by Gasteiger charge is 2.09. The molecule has 0 heterocycles. The van der Waals surface area contributed by atoms with Gasteiger partial charge < -0.3 is 9.64 Å². The maximum atomic E-state index is 11.1. The van der Waals surface area contributed by atoms with Crippen molar-refractivity contribution < 1.29 is 9.53 Å². The number of nitriles is 1. The summed E-state index contributed by atoms with van der Waals surface area (Å²) in [5.74, 6) is 0.400. The molecule has 0 unspecified atom stereocenters. The minimum Gasteiger partial charge on any atom is -0.496 e. The van der Waals surface area contributed by atoms with E-state index >= 15 is 0 Å². The second kappa shape index (κ2) is 6.06. The number of amides is 1. The number of ether oxygens (including phenoxy) is 1. The number of hydrogen-bond donors (Lipinski definition) is 0. The number of carbonyl (C=O) groups is 1. The molecule has 0 aliphatic heterocycles. The summed E-state index contributed by atoms with van der Waals surface area (Å²) in [4.78, 5) is 12.5. The molecule has 0 aliphatic carbocycles. The van der Waals surface area contributed by atoms with Crippen LogP contribution in [0.25, 0.3) is 0 Å². The van der Waals surface area contributed by atoms with E-state index in [-0.39, 0.29) is 0 Å². The topological polar surface area (TPSA) is 53.3 Å². The standard InChI is InChI=1S/C14H18N2O2/c1-10-7-12(8-11(2)14(10)18-4)5-6-16(3)13(17)9-15/h7-8H,5-6H2,1-4H3. The normalized spacial score (nSPS) is 9.72. The summed E-state index contributed by atoms with van der Waals surface area (Å²) in [6.07, 6.45) is 0.732. The Kier molecular flexibility index (Phi) is 4.73. The predicted molar refractivity (Wildman–Crippen MR) is 69.4 cm³/mol. The van der Waals surface area contributed by atoms with Crippen molar-refractivity contribution in [2.24, 2.45) is 0 Å². The summed E-state index contributed by atoms with van der Waals surface area (Å²) < 4.78 is 5.30. The molecule has 1 amide bonds. The van der Waals surface area contributed by atoms with Crippen molar-refractivity contribution in [3.63, 3.8) is 0 Å². The Labute approximate surface area is 108 Å². The van der Waals surface area contributed by atoms with Gasteiger partial charge in [-0.2, -0.15) is 5.26 Å². The number of likely N-dealkylation sites (N-methyl/N-ethyl adjacent to an activating group) is 1. The third-order valence-corrected chi connectivity index (χ3v) is 2.90. The summed E-state index contributed by atoms with van der Waals surface area (Å²) in [6.45, 7) is 4.54. The molecule has 0 saturated heterocycles. The van der Waals surface area contributed by atoms with Crippen LogP contribution in [0.4, 0.5) is 0 Å².